The molecule has 3 aromatic rings. The van der Waals surface area contributed by atoms with E-state index >= 15 is 0 Å². The first-order valence-corrected chi connectivity index (χ1v) is 9.31. The minimum Gasteiger partial charge on any atom is -0.390 e. The van der Waals surface area contributed by atoms with E-state index in [1.807, 2.05) is 12.3 Å². The highest BCUT2D eigenvalue weighted by atomic mass is 32.1. The summed E-state index contributed by atoms with van der Waals surface area (Å²) in [4.78, 5) is 23.2. The minimum atomic E-state index is -0.647. The third-order valence-electron chi connectivity index (χ3n) is 4.47. The summed E-state index contributed by atoms with van der Waals surface area (Å²) in [5.41, 5.74) is 3.61. The maximum Gasteiger partial charge on any atom is 0.289 e. The van der Waals surface area contributed by atoms with Crippen LogP contribution in [0.25, 0.3) is 5.78 Å². The van der Waals surface area contributed by atoms with Gasteiger partial charge in [0, 0.05) is 36.9 Å². The zero-order valence-corrected chi connectivity index (χ0v) is 15.1. The monoisotopic (exact) mass is 373 g/mol. The minimum absolute atomic E-state index is 0.171. The number of piperidine rings is 1. The van der Waals surface area contributed by atoms with Gasteiger partial charge in [0.25, 0.3) is 11.7 Å². The molecule has 1 aliphatic rings. The van der Waals surface area contributed by atoms with E-state index in [4.69, 9.17) is 0 Å². The van der Waals surface area contributed by atoms with E-state index in [1.165, 1.54) is 0 Å². The van der Waals surface area contributed by atoms with Crippen molar-refractivity contribution >= 4 is 23.0 Å². The average molecular weight is 373 g/mol. The molecule has 9 nitrogen and oxygen atoms in total. The van der Waals surface area contributed by atoms with Crippen molar-refractivity contribution in [2.75, 3.05) is 13.1 Å². The van der Waals surface area contributed by atoms with Crippen LogP contribution in [-0.4, -0.2) is 65.7 Å². The maximum atomic E-state index is 12.6. The molecule has 0 saturated carbocycles. The highest BCUT2D eigenvalue weighted by molar-refractivity contribution is 7.07. The Labute approximate surface area is 153 Å². The number of nitrogens with zero attached hydrogens (tertiary/aromatic N) is 6. The van der Waals surface area contributed by atoms with E-state index in [9.17, 15) is 9.90 Å². The Balaban J connectivity index is 1.40. The van der Waals surface area contributed by atoms with Gasteiger partial charge in [-0.05, 0) is 19.4 Å². The van der Waals surface area contributed by atoms with Gasteiger partial charge in [-0.1, -0.05) is 0 Å². The molecule has 1 saturated heterocycles. The molecule has 3 aromatic heterocycles. The Kier molecular flexibility index (Phi) is 4.62. The molecule has 0 unspecified atom stereocenters. The summed E-state index contributed by atoms with van der Waals surface area (Å²) in [6.07, 6.45) is 1.73. The van der Waals surface area contributed by atoms with Gasteiger partial charge in [-0.2, -0.15) is 0 Å². The molecular weight excluding hydrogens is 354 g/mol. The Morgan fingerprint density at radius 1 is 1.46 bits per heavy atom. The highest BCUT2D eigenvalue weighted by Gasteiger charge is 2.30. The van der Waals surface area contributed by atoms with Gasteiger partial charge < -0.3 is 10.4 Å². The fourth-order valence-electron chi connectivity index (χ4n) is 3.12. The van der Waals surface area contributed by atoms with E-state index < -0.39 is 6.10 Å². The van der Waals surface area contributed by atoms with Crippen LogP contribution in [0.3, 0.4) is 0 Å². The van der Waals surface area contributed by atoms with Gasteiger partial charge in [0.15, 0.2) is 0 Å². The zero-order chi connectivity index (χ0) is 18.1. The quantitative estimate of drug-likeness (QED) is 0.675. The van der Waals surface area contributed by atoms with Crippen molar-refractivity contribution < 1.29 is 9.90 Å². The number of hydrogen-bond donors (Lipinski definition) is 2. The molecule has 4 heterocycles. The lowest BCUT2D eigenvalue weighted by Gasteiger charge is -2.35. The summed E-state index contributed by atoms with van der Waals surface area (Å²) in [6.45, 7) is 3.83. The molecule has 136 valence electrons. The SMILES string of the molecule is Cc1ccn2c(C(=O)N[C@@H]3CCN(Cc4cscn4)C[C@H]3O)nnc2n1. The first-order valence-electron chi connectivity index (χ1n) is 8.37. The Hall–Kier alpha value is -2.43. The molecule has 1 amide bonds. The number of hydrogen-bond acceptors (Lipinski definition) is 8. The van der Waals surface area contributed by atoms with E-state index in [-0.39, 0.29) is 17.8 Å². The molecule has 0 aliphatic carbocycles. The topological polar surface area (TPSA) is 109 Å². The molecule has 0 aromatic carbocycles. The summed E-state index contributed by atoms with van der Waals surface area (Å²) in [7, 11) is 0. The first-order chi connectivity index (χ1) is 12.6. The second kappa shape index (κ2) is 7.06. The number of aryl methyl sites for hydroxylation is 1. The van der Waals surface area contributed by atoms with Crippen molar-refractivity contribution in [3.05, 3.63) is 40.4 Å². The zero-order valence-electron chi connectivity index (χ0n) is 14.2. The van der Waals surface area contributed by atoms with Gasteiger partial charge in [0.2, 0.25) is 5.82 Å². The van der Waals surface area contributed by atoms with Crippen LogP contribution in [-0.2, 0) is 6.54 Å². The van der Waals surface area contributed by atoms with E-state index in [1.54, 1.807) is 33.5 Å². The summed E-state index contributed by atoms with van der Waals surface area (Å²) in [5, 5.41) is 23.2. The van der Waals surface area contributed by atoms with Gasteiger partial charge >= 0.3 is 0 Å². The summed E-state index contributed by atoms with van der Waals surface area (Å²) in [5.74, 6) is 0.193. The third-order valence-corrected chi connectivity index (χ3v) is 5.11. The van der Waals surface area contributed by atoms with Crippen molar-refractivity contribution in [2.24, 2.45) is 0 Å². The van der Waals surface area contributed by atoms with Crippen LogP contribution in [0.15, 0.2) is 23.2 Å². The number of likely N-dealkylation sites (tertiary alicyclic amines) is 1. The first kappa shape index (κ1) is 17.0. The number of aromatic nitrogens is 5. The fraction of sp³-hybridized carbons (Fsp3) is 0.438. The molecule has 0 spiro atoms. The Morgan fingerprint density at radius 3 is 3.12 bits per heavy atom. The third kappa shape index (κ3) is 3.43. The highest BCUT2D eigenvalue weighted by Crippen LogP contribution is 2.15. The number of carbonyl (C=O) groups excluding carboxylic acids is 1. The Morgan fingerprint density at radius 2 is 2.35 bits per heavy atom. The summed E-state index contributed by atoms with van der Waals surface area (Å²) >= 11 is 1.56. The predicted octanol–water partition coefficient (Wildman–Crippen LogP) is 0.254. The molecule has 1 fully saturated rings. The van der Waals surface area contributed by atoms with Gasteiger partial charge in [0.05, 0.1) is 23.4 Å². The van der Waals surface area contributed by atoms with Crippen LogP contribution < -0.4 is 5.32 Å². The lowest BCUT2D eigenvalue weighted by molar-refractivity contribution is 0.0343. The van der Waals surface area contributed by atoms with Crippen molar-refractivity contribution in [1.29, 1.82) is 0 Å². The summed E-state index contributed by atoms with van der Waals surface area (Å²) in [6, 6.07) is 1.47. The smallest absolute Gasteiger partial charge is 0.289 e. The summed E-state index contributed by atoms with van der Waals surface area (Å²) < 4.78 is 1.55. The van der Waals surface area contributed by atoms with Crippen LogP contribution in [0.4, 0.5) is 0 Å². The molecule has 26 heavy (non-hydrogen) atoms. The molecule has 0 bridgehead atoms. The fourth-order valence-corrected chi connectivity index (χ4v) is 3.67. The van der Waals surface area contributed by atoms with Crippen LogP contribution in [0.2, 0.25) is 0 Å². The number of amides is 1. The van der Waals surface area contributed by atoms with Gasteiger partial charge in [-0.15, -0.1) is 21.5 Å². The molecule has 0 radical (unpaired) electrons. The number of rotatable bonds is 4. The standard InChI is InChI=1S/C16H19N7O2S/c1-10-2-5-23-14(20-21-16(23)18-10)15(25)19-12-3-4-22(7-13(12)24)6-11-8-26-9-17-11/h2,5,8-9,12-13,24H,3-4,6-7H2,1H3,(H,19,25)/t12-,13-/m1/s1. The van der Waals surface area contributed by atoms with Crippen molar-refractivity contribution in [1.82, 2.24) is 34.8 Å². The van der Waals surface area contributed by atoms with Crippen LogP contribution in [0.5, 0.6) is 0 Å². The van der Waals surface area contributed by atoms with Crippen LogP contribution >= 0.6 is 11.3 Å². The predicted molar refractivity (Wildman–Crippen MR) is 94.8 cm³/mol. The van der Waals surface area contributed by atoms with Crippen LogP contribution in [0, 0.1) is 6.92 Å². The molecule has 2 N–H and O–H groups in total. The number of β-amino-alcohol motifs (C(OH)–C–C–N with tert-alkyl or cyclic N) is 1. The number of carbonyl (C=O) groups is 1. The Bertz CT molecular complexity index is 911. The largest absolute Gasteiger partial charge is 0.390 e. The normalized spacial score (nSPS) is 21.2. The molecule has 1 aliphatic heterocycles. The molecule has 4 rings (SSSR count). The average Bonchev–Trinajstić information content (AvgIpc) is 3.26. The van der Waals surface area contributed by atoms with Crippen molar-refractivity contribution in [3.63, 3.8) is 0 Å². The van der Waals surface area contributed by atoms with E-state index in [2.05, 4.69) is 30.4 Å². The van der Waals surface area contributed by atoms with E-state index in [0.717, 1.165) is 17.9 Å². The molecule has 2 atom stereocenters. The second-order valence-electron chi connectivity index (χ2n) is 6.41. The number of aliphatic hydroxyl groups is 1. The number of nitrogens with one attached hydrogen (secondary N) is 1. The molecule has 10 heteroatoms. The van der Waals surface area contributed by atoms with E-state index in [0.29, 0.717) is 25.3 Å². The van der Waals surface area contributed by atoms with Crippen molar-refractivity contribution in [3.8, 4) is 0 Å². The van der Waals surface area contributed by atoms with Gasteiger partial charge in [0.1, 0.15) is 0 Å². The number of aliphatic hydroxyl groups excluding tert-OH is 1. The second-order valence-corrected chi connectivity index (χ2v) is 7.13. The van der Waals surface area contributed by atoms with Gasteiger partial charge in [-0.25, -0.2) is 9.97 Å². The maximum absolute atomic E-state index is 12.6. The molecular formula is C16H19N7O2S. The lowest BCUT2D eigenvalue weighted by Crippen LogP contribution is -2.54. The van der Waals surface area contributed by atoms with Crippen molar-refractivity contribution in [2.45, 2.75) is 32.0 Å². The lowest BCUT2D eigenvalue weighted by atomic mass is 10.0. The number of fused-ring (bicyclic) bond motifs is 1. The van der Waals surface area contributed by atoms with Gasteiger partial charge in [-0.3, -0.25) is 14.1 Å². The number of thiazole rings is 1. The van der Waals surface area contributed by atoms with Crippen LogP contribution in [0.1, 0.15) is 28.4 Å².